The van der Waals surface area contributed by atoms with Crippen molar-refractivity contribution in [3.05, 3.63) is 18.2 Å². The molecule has 1 aromatic carbocycles. The Morgan fingerprint density at radius 2 is 2.17 bits per heavy atom. The number of nitrogen functional groups attached to an aromatic ring is 1. The molecule has 98 valence electrons. The quantitative estimate of drug-likeness (QED) is 0.798. The summed E-state index contributed by atoms with van der Waals surface area (Å²) in [6, 6.07) is 6.16. The molecule has 0 amide bonds. The third-order valence-electron chi connectivity index (χ3n) is 2.45. The Morgan fingerprint density at radius 3 is 2.72 bits per heavy atom. The monoisotopic (exact) mass is 269 g/mol. The van der Waals surface area contributed by atoms with Gasteiger partial charge in [-0.2, -0.15) is 9.57 Å². The van der Waals surface area contributed by atoms with Crippen LogP contribution in [0.25, 0.3) is 0 Å². The van der Waals surface area contributed by atoms with Crippen LogP contribution in [0.4, 0.5) is 5.69 Å². The van der Waals surface area contributed by atoms with E-state index in [9.17, 15) is 8.42 Å². The van der Waals surface area contributed by atoms with Gasteiger partial charge in [-0.1, -0.05) is 0 Å². The van der Waals surface area contributed by atoms with Gasteiger partial charge in [0.05, 0.1) is 23.8 Å². The number of sulfonamides is 1. The Kier molecular flexibility index (Phi) is 4.53. The number of ether oxygens (including phenoxy) is 1. The molecular weight excluding hydrogens is 254 g/mol. The Hall–Kier alpha value is -1.78. The molecule has 0 atom stereocenters. The molecule has 2 N–H and O–H groups in total. The molecule has 0 spiro atoms. The Bertz CT molecular complexity index is 563. The third kappa shape index (κ3) is 2.91. The normalized spacial score (nSPS) is 11.2. The van der Waals surface area contributed by atoms with Gasteiger partial charge in [0.25, 0.3) is 0 Å². The minimum Gasteiger partial charge on any atom is -0.495 e. The molecule has 6 nitrogen and oxygen atoms in total. The summed E-state index contributed by atoms with van der Waals surface area (Å²) in [6.07, 6.45) is 0.141. The molecule has 1 aromatic rings. The summed E-state index contributed by atoms with van der Waals surface area (Å²) < 4.78 is 30.4. The fourth-order valence-corrected chi connectivity index (χ4v) is 2.55. The zero-order chi connectivity index (χ0) is 13.8. The minimum absolute atomic E-state index is 0.0917. The molecule has 0 saturated heterocycles. The van der Waals surface area contributed by atoms with Crippen molar-refractivity contribution in [1.82, 2.24) is 4.31 Å². The molecule has 0 bridgehead atoms. The summed E-state index contributed by atoms with van der Waals surface area (Å²) in [5.41, 5.74) is 5.99. The van der Waals surface area contributed by atoms with E-state index in [1.54, 1.807) is 0 Å². The second kappa shape index (κ2) is 5.71. The molecule has 0 aliphatic carbocycles. The van der Waals surface area contributed by atoms with Crippen molar-refractivity contribution in [2.45, 2.75) is 11.3 Å². The van der Waals surface area contributed by atoms with Crippen molar-refractivity contribution < 1.29 is 13.2 Å². The largest absolute Gasteiger partial charge is 0.495 e. The summed E-state index contributed by atoms with van der Waals surface area (Å²) in [5.74, 6) is 0.310. The highest BCUT2D eigenvalue weighted by atomic mass is 32.2. The van der Waals surface area contributed by atoms with Gasteiger partial charge >= 0.3 is 0 Å². The van der Waals surface area contributed by atoms with Crippen LogP contribution < -0.4 is 10.5 Å². The standard InChI is InChI=1S/C11H15N3O3S/c1-14(7-3-6-12)18(15,16)9-4-5-10(13)11(8-9)17-2/h4-5,8H,3,7,13H2,1-2H3. The first-order valence-electron chi connectivity index (χ1n) is 5.20. The SMILES string of the molecule is COc1cc(S(=O)(=O)N(C)CCC#N)ccc1N. The van der Waals surface area contributed by atoms with E-state index < -0.39 is 10.0 Å². The highest BCUT2D eigenvalue weighted by molar-refractivity contribution is 7.89. The third-order valence-corrected chi connectivity index (χ3v) is 4.30. The Balaban J connectivity index is 3.09. The molecule has 0 unspecified atom stereocenters. The number of anilines is 1. The van der Waals surface area contributed by atoms with Crippen LogP contribution in [0, 0.1) is 11.3 Å². The molecule has 0 aromatic heterocycles. The summed E-state index contributed by atoms with van der Waals surface area (Å²) in [4.78, 5) is 0.0917. The molecule has 7 heteroatoms. The number of hydrogen-bond donors (Lipinski definition) is 1. The van der Waals surface area contributed by atoms with E-state index in [2.05, 4.69) is 0 Å². The second-order valence-electron chi connectivity index (χ2n) is 3.64. The molecule has 0 aliphatic heterocycles. The molecule has 0 aliphatic rings. The van der Waals surface area contributed by atoms with Gasteiger partial charge in [-0.25, -0.2) is 8.42 Å². The Morgan fingerprint density at radius 1 is 1.50 bits per heavy atom. The lowest BCUT2D eigenvalue weighted by atomic mass is 10.3. The topological polar surface area (TPSA) is 96.4 Å². The minimum atomic E-state index is -3.61. The van der Waals surface area contributed by atoms with Gasteiger partial charge in [0.2, 0.25) is 10.0 Å². The van der Waals surface area contributed by atoms with E-state index in [0.29, 0.717) is 11.4 Å². The van der Waals surface area contributed by atoms with Crippen molar-refractivity contribution in [2.24, 2.45) is 0 Å². The summed E-state index contributed by atoms with van der Waals surface area (Å²) in [7, 11) is -0.770. The first-order chi connectivity index (χ1) is 8.43. The first kappa shape index (κ1) is 14.3. The van der Waals surface area contributed by atoms with Crippen LogP contribution in [0.1, 0.15) is 6.42 Å². The molecule has 0 radical (unpaired) electrons. The lowest BCUT2D eigenvalue weighted by Crippen LogP contribution is -2.27. The lowest BCUT2D eigenvalue weighted by molar-refractivity contribution is 0.415. The predicted octanol–water partition coefficient (Wildman–Crippen LogP) is 0.812. The van der Waals surface area contributed by atoms with Crippen LogP contribution in [0.2, 0.25) is 0 Å². The average molecular weight is 269 g/mol. The van der Waals surface area contributed by atoms with E-state index in [-0.39, 0.29) is 17.9 Å². The summed E-state index contributed by atoms with van der Waals surface area (Å²) >= 11 is 0. The van der Waals surface area contributed by atoms with Crippen LogP contribution in [0.3, 0.4) is 0 Å². The number of rotatable bonds is 5. The van der Waals surface area contributed by atoms with Gasteiger partial charge in [0.15, 0.2) is 0 Å². The van der Waals surface area contributed by atoms with Crippen LogP contribution in [0.15, 0.2) is 23.1 Å². The van der Waals surface area contributed by atoms with Gasteiger partial charge in [-0.3, -0.25) is 0 Å². The van der Waals surface area contributed by atoms with Crippen LogP contribution >= 0.6 is 0 Å². The highest BCUT2D eigenvalue weighted by Crippen LogP contribution is 2.26. The van der Waals surface area contributed by atoms with Gasteiger partial charge in [0.1, 0.15) is 5.75 Å². The zero-order valence-corrected chi connectivity index (χ0v) is 11.1. The van der Waals surface area contributed by atoms with Gasteiger partial charge < -0.3 is 10.5 Å². The number of benzene rings is 1. The maximum absolute atomic E-state index is 12.1. The zero-order valence-electron chi connectivity index (χ0n) is 10.3. The maximum atomic E-state index is 12.1. The average Bonchev–Trinajstić information content (AvgIpc) is 2.36. The van der Waals surface area contributed by atoms with E-state index in [4.69, 9.17) is 15.7 Å². The second-order valence-corrected chi connectivity index (χ2v) is 5.68. The number of nitrogens with two attached hydrogens (primary N) is 1. The van der Waals surface area contributed by atoms with E-state index in [1.165, 1.54) is 32.4 Å². The molecule has 0 fully saturated rings. The Labute approximate surface area is 107 Å². The van der Waals surface area contributed by atoms with E-state index in [0.717, 1.165) is 4.31 Å². The smallest absolute Gasteiger partial charge is 0.242 e. The van der Waals surface area contributed by atoms with E-state index >= 15 is 0 Å². The van der Waals surface area contributed by atoms with Gasteiger partial charge in [0, 0.05) is 26.1 Å². The molecule has 0 heterocycles. The molecule has 1 rings (SSSR count). The molecular formula is C11H15N3O3S. The first-order valence-corrected chi connectivity index (χ1v) is 6.64. The van der Waals surface area contributed by atoms with Gasteiger partial charge in [-0.05, 0) is 12.1 Å². The van der Waals surface area contributed by atoms with E-state index in [1.807, 2.05) is 6.07 Å². The molecule has 18 heavy (non-hydrogen) atoms. The molecule has 0 saturated carbocycles. The van der Waals surface area contributed by atoms with Crippen LogP contribution in [-0.4, -0.2) is 33.4 Å². The maximum Gasteiger partial charge on any atom is 0.242 e. The summed E-state index contributed by atoms with van der Waals surface area (Å²) in [6.45, 7) is 0.144. The van der Waals surface area contributed by atoms with Crippen molar-refractivity contribution in [2.75, 3.05) is 26.4 Å². The fourth-order valence-electron chi connectivity index (χ4n) is 1.36. The fraction of sp³-hybridized carbons (Fsp3) is 0.364. The predicted molar refractivity (Wildman–Crippen MR) is 67.5 cm³/mol. The number of nitriles is 1. The lowest BCUT2D eigenvalue weighted by Gasteiger charge is -2.16. The van der Waals surface area contributed by atoms with Gasteiger partial charge in [-0.15, -0.1) is 0 Å². The number of methoxy groups -OCH3 is 1. The highest BCUT2D eigenvalue weighted by Gasteiger charge is 2.21. The van der Waals surface area contributed by atoms with Crippen molar-refractivity contribution in [3.63, 3.8) is 0 Å². The van der Waals surface area contributed by atoms with Crippen molar-refractivity contribution in [1.29, 1.82) is 5.26 Å². The van der Waals surface area contributed by atoms with Crippen LogP contribution in [0.5, 0.6) is 5.75 Å². The van der Waals surface area contributed by atoms with Crippen molar-refractivity contribution >= 4 is 15.7 Å². The number of nitrogens with zero attached hydrogens (tertiary/aromatic N) is 2. The van der Waals surface area contributed by atoms with Crippen molar-refractivity contribution in [3.8, 4) is 11.8 Å². The number of hydrogen-bond acceptors (Lipinski definition) is 5. The van der Waals surface area contributed by atoms with Crippen LogP contribution in [-0.2, 0) is 10.0 Å². The summed E-state index contributed by atoms with van der Waals surface area (Å²) in [5, 5.41) is 8.46.